The largest absolute Gasteiger partial charge is 0.416 e. The lowest BCUT2D eigenvalue weighted by Gasteiger charge is -2.11. The van der Waals surface area contributed by atoms with Gasteiger partial charge >= 0.3 is 6.18 Å². The Morgan fingerprint density at radius 2 is 1.63 bits per heavy atom. The van der Waals surface area contributed by atoms with Crippen molar-refractivity contribution in [3.05, 3.63) is 126 Å². The van der Waals surface area contributed by atoms with Crippen molar-refractivity contribution >= 4 is 27.9 Å². The van der Waals surface area contributed by atoms with Gasteiger partial charge in [0, 0.05) is 34.9 Å². The summed E-state index contributed by atoms with van der Waals surface area (Å²) < 4.78 is 39.0. The first-order valence-corrected chi connectivity index (χ1v) is 10.7. The summed E-state index contributed by atoms with van der Waals surface area (Å²) in [4.78, 5) is 16.6. The van der Waals surface area contributed by atoms with Crippen molar-refractivity contribution < 1.29 is 23.1 Å². The third-order valence-corrected chi connectivity index (χ3v) is 5.42. The van der Waals surface area contributed by atoms with Crippen LogP contribution in [0.1, 0.15) is 22.3 Å². The quantitative estimate of drug-likeness (QED) is 0.252. The molecule has 0 spiro atoms. The number of benzene rings is 3. The van der Waals surface area contributed by atoms with Crippen LogP contribution < -0.4 is 5.32 Å². The Bertz CT molecular complexity index is 1390. The number of aromatic nitrogens is 1. The number of allylic oxidation sites excluding steroid dienone is 2. The van der Waals surface area contributed by atoms with Crippen molar-refractivity contribution in [2.24, 2.45) is 0 Å². The molecule has 7 heteroatoms. The van der Waals surface area contributed by atoms with E-state index in [2.05, 4.69) is 10.3 Å². The third kappa shape index (κ3) is 5.83. The second kappa shape index (κ2) is 10.4. The Hall–Kier alpha value is -4.23. The number of alkyl halides is 3. The number of nitrogens with one attached hydrogen (secondary N) is 1. The first-order valence-electron chi connectivity index (χ1n) is 10.7. The van der Waals surface area contributed by atoms with Gasteiger partial charge in [-0.25, -0.2) is 0 Å². The molecule has 2 N–H and O–H groups in total. The molecule has 0 saturated carbocycles. The van der Waals surface area contributed by atoms with E-state index in [9.17, 15) is 23.1 Å². The highest BCUT2D eigenvalue weighted by atomic mass is 19.4. The van der Waals surface area contributed by atoms with Gasteiger partial charge < -0.3 is 10.4 Å². The number of hydrogen-bond acceptors (Lipinski definition) is 3. The second-order valence-corrected chi connectivity index (χ2v) is 7.76. The minimum absolute atomic E-state index is 0.121. The lowest BCUT2D eigenvalue weighted by atomic mass is 9.95. The Balaban J connectivity index is 1.61. The molecule has 1 aromatic heterocycles. The summed E-state index contributed by atoms with van der Waals surface area (Å²) in [6.45, 7) is -0.121. The lowest BCUT2D eigenvalue weighted by molar-refractivity contribution is -0.137. The number of carbonyl (C=O) groups excluding carboxylic acids is 1. The molecule has 0 unspecified atom stereocenters. The highest BCUT2D eigenvalue weighted by Crippen LogP contribution is 2.31. The number of pyridine rings is 1. The fourth-order valence-corrected chi connectivity index (χ4v) is 3.63. The van der Waals surface area contributed by atoms with Crippen LogP contribution in [0.25, 0.3) is 16.3 Å². The minimum Gasteiger partial charge on any atom is -0.392 e. The van der Waals surface area contributed by atoms with Gasteiger partial charge in [0.15, 0.2) is 0 Å². The SMILES string of the molecule is O=C(/C=C/C=C(\c1ccc(CO)cc1)c1ccc(C(F)(F)F)cc1)Nc1cccc2cnccc12. The summed E-state index contributed by atoms with van der Waals surface area (Å²) in [7, 11) is 0. The maximum absolute atomic E-state index is 13.0. The summed E-state index contributed by atoms with van der Waals surface area (Å²) in [5.74, 6) is -0.354. The molecular formula is C28H21F3N2O2. The smallest absolute Gasteiger partial charge is 0.392 e. The van der Waals surface area contributed by atoms with Gasteiger partial charge in [-0.2, -0.15) is 13.2 Å². The van der Waals surface area contributed by atoms with Gasteiger partial charge in [-0.3, -0.25) is 9.78 Å². The summed E-state index contributed by atoms with van der Waals surface area (Å²) >= 11 is 0. The summed E-state index contributed by atoms with van der Waals surface area (Å²) in [6.07, 6.45) is 3.50. The zero-order chi connectivity index (χ0) is 24.8. The number of halogens is 3. The average Bonchev–Trinajstić information content (AvgIpc) is 2.87. The van der Waals surface area contributed by atoms with E-state index >= 15 is 0 Å². The van der Waals surface area contributed by atoms with E-state index < -0.39 is 11.7 Å². The summed E-state index contributed by atoms with van der Waals surface area (Å²) in [5.41, 5.74) is 2.53. The first kappa shape index (κ1) is 23.9. The van der Waals surface area contributed by atoms with Gasteiger partial charge in [0.25, 0.3) is 0 Å². The first-order chi connectivity index (χ1) is 16.8. The van der Waals surface area contributed by atoms with Crippen molar-refractivity contribution in [2.75, 3.05) is 5.32 Å². The lowest BCUT2D eigenvalue weighted by Crippen LogP contribution is -2.08. The van der Waals surface area contributed by atoms with Gasteiger partial charge in [-0.1, -0.05) is 60.7 Å². The Labute approximate surface area is 200 Å². The second-order valence-electron chi connectivity index (χ2n) is 7.76. The Morgan fingerprint density at radius 1 is 0.943 bits per heavy atom. The van der Waals surface area contributed by atoms with Crippen LogP contribution >= 0.6 is 0 Å². The number of hydrogen-bond donors (Lipinski definition) is 2. The number of aliphatic hydroxyl groups excluding tert-OH is 1. The van der Waals surface area contributed by atoms with E-state index in [0.717, 1.165) is 28.5 Å². The third-order valence-electron chi connectivity index (χ3n) is 5.42. The monoisotopic (exact) mass is 474 g/mol. The van der Waals surface area contributed by atoms with Gasteiger partial charge in [0.05, 0.1) is 12.2 Å². The number of aliphatic hydroxyl groups is 1. The highest BCUT2D eigenvalue weighted by Gasteiger charge is 2.30. The van der Waals surface area contributed by atoms with E-state index in [1.807, 2.05) is 18.2 Å². The Morgan fingerprint density at radius 3 is 2.29 bits per heavy atom. The average molecular weight is 474 g/mol. The van der Waals surface area contributed by atoms with E-state index in [1.54, 1.807) is 54.9 Å². The molecule has 4 aromatic rings. The molecule has 1 amide bonds. The van der Waals surface area contributed by atoms with Crippen molar-refractivity contribution in [3.8, 4) is 0 Å². The molecule has 1 heterocycles. The molecule has 0 saturated heterocycles. The predicted molar refractivity (Wildman–Crippen MR) is 130 cm³/mol. The number of rotatable bonds is 6. The van der Waals surface area contributed by atoms with Crippen LogP contribution in [0, 0.1) is 0 Å². The van der Waals surface area contributed by atoms with Crippen molar-refractivity contribution in [1.29, 1.82) is 0 Å². The molecule has 0 atom stereocenters. The standard InChI is InChI=1S/C28H21F3N2O2/c29-28(30,31)23-13-11-21(12-14-23)24(20-9-7-19(18-34)8-10-20)4-2-6-27(35)33-26-5-1-3-22-17-32-16-15-25(22)26/h1-17,34H,18H2,(H,33,35)/b6-2+,24-4+. The number of fused-ring (bicyclic) bond motifs is 1. The molecule has 0 aliphatic rings. The van der Waals surface area contributed by atoms with Gasteiger partial charge in [-0.15, -0.1) is 0 Å². The van der Waals surface area contributed by atoms with Crippen molar-refractivity contribution in [2.45, 2.75) is 12.8 Å². The van der Waals surface area contributed by atoms with Crippen LogP contribution in [0.4, 0.5) is 18.9 Å². The molecule has 0 radical (unpaired) electrons. The van der Waals surface area contributed by atoms with Crippen LogP contribution in [0.5, 0.6) is 0 Å². The molecule has 0 aliphatic heterocycles. The van der Waals surface area contributed by atoms with Crippen LogP contribution in [0.3, 0.4) is 0 Å². The molecule has 0 bridgehead atoms. The van der Waals surface area contributed by atoms with Crippen molar-refractivity contribution in [3.63, 3.8) is 0 Å². The fraction of sp³-hybridized carbons (Fsp3) is 0.0714. The van der Waals surface area contributed by atoms with Crippen LogP contribution in [0.2, 0.25) is 0 Å². The minimum atomic E-state index is -4.43. The number of anilines is 1. The molecule has 0 fully saturated rings. The van der Waals surface area contributed by atoms with E-state index in [4.69, 9.17) is 0 Å². The van der Waals surface area contributed by atoms with E-state index in [1.165, 1.54) is 18.2 Å². The van der Waals surface area contributed by atoms with Crippen LogP contribution in [-0.4, -0.2) is 16.0 Å². The number of carbonyl (C=O) groups is 1. The van der Waals surface area contributed by atoms with E-state index in [0.29, 0.717) is 22.4 Å². The maximum atomic E-state index is 13.0. The van der Waals surface area contributed by atoms with Crippen LogP contribution in [0.15, 0.2) is 103 Å². The zero-order valence-electron chi connectivity index (χ0n) is 18.5. The molecular weight excluding hydrogens is 453 g/mol. The molecule has 176 valence electrons. The zero-order valence-corrected chi connectivity index (χ0v) is 18.5. The fourth-order valence-electron chi connectivity index (χ4n) is 3.63. The Kier molecular flexibility index (Phi) is 7.08. The van der Waals surface area contributed by atoms with Gasteiger partial charge in [-0.05, 0) is 46.5 Å². The van der Waals surface area contributed by atoms with Gasteiger partial charge in [0.2, 0.25) is 5.91 Å². The molecule has 0 aliphatic carbocycles. The highest BCUT2D eigenvalue weighted by molar-refractivity contribution is 6.06. The number of amides is 1. The molecule has 3 aromatic carbocycles. The van der Waals surface area contributed by atoms with Crippen LogP contribution in [-0.2, 0) is 17.6 Å². The maximum Gasteiger partial charge on any atom is 0.416 e. The molecule has 35 heavy (non-hydrogen) atoms. The molecule has 4 nitrogen and oxygen atoms in total. The normalized spacial score (nSPS) is 12.3. The summed E-state index contributed by atoms with van der Waals surface area (Å²) in [5, 5.41) is 13.9. The van der Waals surface area contributed by atoms with Crippen molar-refractivity contribution in [1.82, 2.24) is 4.98 Å². The molecule has 4 rings (SSSR count). The summed E-state index contributed by atoms with van der Waals surface area (Å²) in [6, 6.07) is 19.2. The van der Waals surface area contributed by atoms with Gasteiger partial charge in [0.1, 0.15) is 0 Å². The number of nitrogens with zero attached hydrogens (tertiary/aromatic N) is 1. The topological polar surface area (TPSA) is 62.2 Å². The van der Waals surface area contributed by atoms with E-state index in [-0.39, 0.29) is 12.5 Å². The predicted octanol–water partition coefficient (Wildman–Crippen LogP) is 6.37.